The zero-order valence-electron chi connectivity index (χ0n) is 13.5. The summed E-state index contributed by atoms with van der Waals surface area (Å²) in [4.78, 5) is 12.2. The average molecular weight is 320 g/mol. The Hall–Kier alpha value is -2.88. The van der Waals surface area contributed by atoms with E-state index >= 15 is 0 Å². The number of rotatable bonds is 5. The normalized spacial score (nSPS) is 14.8. The number of carbonyl (C=O) groups is 1. The van der Waals surface area contributed by atoms with Gasteiger partial charge < -0.3 is 4.74 Å². The third-order valence-corrected chi connectivity index (χ3v) is 3.96. The van der Waals surface area contributed by atoms with Crippen LogP contribution in [0.4, 0.5) is 0 Å². The molecule has 1 amide bonds. The van der Waals surface area contributed by atoms with Crippen LogP contribution in [0.5, 0.6) is 5.75 Å². The van der Waals surface area contributed by atoms with Gasteiger partial charge in [0, 0.05) is 11.1 Å². The van der Waals surface area contributed by atoms with Crippen molar-refractivity contribution in [3.05, 3.63) is 77.9 Å². The molecular formula is C20H20N2O2. The Morgan fingerprint density at radius 1 is 1.17 bits per heavy atom. The van der Waals surface area contributed by atoms with E-state index < -0.39 is 0 Å². The number of hydrazone groups is 1. The quantitative estimate of drug-likeness (QED) is 0.674. The number of ether oxygens (including phenoxy) is 1. The summed E-state index contributed by atoms with van der Waals surface area (Å²) in [5.74, 6) is 0.486. The monoisotopic (exact) mass is 320 g/mol. The molecule has 0 atom stereocenters. The van der Waals surface area contributed by atoms with Gasteiger partial charge in [0.25, 0.3) is 5.91 Å². The second kappa shape index (κ2) is 7.59. The van der Waals surface area contributed by atoms with Gasteiger partial charge in [0.05, 0.1) is 5.71 Å². The number of hydrogen-bond donors (Lipinski definition) is 1. The van der Waals surface area contributed by atoms with Gasteiger partial charge in [0.1, 0.15) is 12.4 Å². The highest BCUT2D eigenvalue weighted by molar-refractivity contribution is 6.04. The number of nitrogens with zero attached hydrogens (tertiary/aromatic N) is 1. The van der Waals surface area contributed by atoms with Crippen molar-refractivity contribution in [2.75, 3.05) is 6.61 Å². The molecule has 0 fully saturated rings. The standard InChI is InChI=1S/C20H20N2O2/c1-2-14-24-17-12-10-16(11-13-17)20(23)22-21-19-9-5-7-15-6-3-4-8-18(15)19/h2-4,6,8,10-13H,1,5,7,9,14H2,(H,22,23). The van der Waals surface area contributed by atoms with Crippen LogP contribution < -0.4 is 10.2 Å². The zero-order valence-corrected chi connectivity index (χ0v) is 13.5. The van der Waals surface area contributed by atoms with E-state index in [9.17, 15) is 4.79 Å². The maximum atomic E-state index is 12.2. The van der Waals surface area contributed by atoms with Gasteiger partial charge >= 0.3 is 0 Å². The lowest BCUT2D eigenvalue weighted by molar-refractivity contribution is 0.0954. The van der Waals surface area contributed by atoms with E-state index in [2.05, 4.69) is 29.2 Å². The van der Waals surface area contributed by atoms with Crippen LogP contribution in [0.15, 0.2) is 66.3 Å². The fourth-order valence-electron chi connectivity index (χ4n) is 2.76. The van der Waals surface area contributed by atoms with Crippen molar-refractivity contribution in [3.8, 4) is 5.75 Å². The van der Waals surface area contributed by atoms with Crippen LogP contribution in [0.25, 0.3) is 0 Å². The molecule has 2 aromatic rings. The van der Waals surface area contributed by atoms with E-state index in [1.807, 2.05) is 12.1 Å². The molecule has 0 saturated heterocycles. The fraction of sp³-hybridized carbons (Fsp3) is 0.200. The molecule has 2 aromatic carbocycles. The molecule has 1 N–H and O–H groups in total. The van der Waals surface area contributed by atoms with Gasteiger partial charge in [-0.25, -0.2) is 5.43 Å². The van der Waals surface area contributed by atoms with Gasteiger partial charge in [-0.05, 0) is 49.1 Å². The predicted molar refractivity (Wildman–Crippen MR) is 95.5 cm³/mol. The van der Waals surface area contributed by atoms with Crippen LogP contribution in [0.2, 0.25) is 0 Å². The summed E-state index contributed by atoms with van der Waals surface area (Å²) in [5, 5.41) is 4.35. The minimum atomic E-state index is -0.221. The van der Waals surface area contributed by atoms with Crippen LogP contribution in [0.1, 0.15) is 34.3 Å². The smallest absolute Gasteiger partial charge is 0.271 e. The van der Waals surface area contributed by atoms with Crippen molar-refractivity contribution in [1.82, 2.24) is 5.43 Å². The van der Waals surface area contributed by atoms with Gasteiger partial charge in [0.2, 0.25) is 0 Å². The zero-order chi connectivity index (χ0) is 16.8. The highest BCUT2D eigenvalue weighted by Crippen LogP contribution is 2.21. The first-order valence-electron chi connectivity index (χ1n) is 8.07. The maximum absolute atomic E-state index is 12.2. The molecular weight excluding hydrogens is 300 g/mol. The summed E-state index contributed by atoms with van der Waals surface area (Å²) in [7, 11) is 0. The van der Waals surface area contributed by atoms with Gasteiger partial charge in [-0.3, -0.25) is 4.79 Å². The molecule has 0 aliphatic heterocycles. The van der Waals surface area contributed by atoms with E-state index in [1.54, 1.807) is 30.3 Å². The molecule has 0 spiro atoms. The molecule has 1 aliphatic carbocycles. The molecule has 0 saturated carbocycles. The topological polar surface area (TPSA) is 50.7 Å². The van der Waals surface area contributed by atoms with E-state index in [4.69, 9.17) is 4.74 Å². The Balaban J connectivity index is 1.68. The Labute approximate surface area is 141 Å². The number of hydrogen-bond acceptors (Lipinski definition) is 3. The highest BCUT2D eigenvalue weighted by atomic mass is 16.5. The molecule has 4 heteroatoms. The summed E-state index contributed by atoms with van der Waals surface area (Å²) in [6.45, 7) is 4.05. The van der Waals surface area contributed by atoms with Crippen molar-refractivity contribution in [1.29, 1.82) is 0 Å². The molecule has 0 heterocycles. The van der Waals surface area contributed by atoms with E-state index in [1.165, 1.54) is 5.56 Å². The third-order valence-electron chi connectivity index (χ3n) is 3.96. The molecule has 24 heavy (non-hydrogen) atoms. The summed E-state index contributed by atoms with van der Waals surface area (Å²) in [5.41, 5.74) is 6.58. The summed E-state index contributed by atoms with van der Waals surface area (Å²) < 4.78 is 5.41. The number of amides is 1. The van der Waals surface area contributed by atoms with Crippen molar-refractivity contribution >= 4 is 11.6 Å². The van der Waals surface area contributed by atoms with Crippen LogP contribution >= 0.6 is 0 Å². The Morgan fingerprint density at radius 3 is 2.75 bits per heavy atom. The van der Waals surface area contributed by atoms with Gasteiger partial charge in [-0.2, -0.15) is 5.10 Å². The first kappa shape index (κ1) is 16.0. The van der Waals surface area contributed by atoms with E-state index in [0.717, 1.165) is 30.5 Å². The molecule has 0 bridgehead atoms. The van der Waals surface area contributed by atoms with Crippen LogP contribution in [-0.2, 0) is 6.42 Å². The van der Waals surface area contributed by atoms with E-state index in [0.29, 0.717) is 17.9 Å². The maximum Gasteiger partial charge on any atom is 0.271 e. The molecule has 0 radical (unpaired) electrons. The van der Waals surface area contributed by atoms with Crippen LogP contribution in [0.3, 0.4) is 0 Å². The number of aryl methyl sites for hydroxylation is 1. The van der Waals surface area contributed by atoms with Crippen molar-refractivity contribution < 1.29 is 9.53 Å². The van der Waals surface area contributed by atoms with Crippen molar-refractivity contribution in [3.63, 3.8) is 0 Å². The Morgan fingerprint density at radius 2 is 1.96 bits per heavy atom. The van der Waals surface area contributed by atoms with E-state index in [-0.39, 0.29) is 5.91 Å². The molecule has 4 nitrogen and oxygen atoms in total. The van der Waals surface area contributed by atoms with Gasteiger partial charge in [0.15, 0.2) is 0 Å². The summed E-state index contributed by atoms with van der Waals surface area (Å²) in [6.07, 6.45) is 4.68. The lowest BCUT2D eigenvalue weighted by atomic mass is 9.90. The molecule has 0 unspecified atom stereocenters. The summed E-state index contributed by atoms with van der Waals surface area (Å²) in [6, 6.07) is 15.2. The van der Waals surface area contributed by atoms with Crippen molar-refractivity contribution in [2.24, 2.45) is 5.10 Å². The number of benzene rings is 2. The first-order chi connectivity index (χ1) is 11.8. The lowest BCUT2D eigenvalue weighted by Gasteiger charge is -2.17. The van der Waals surface area contributed by atoms with Gasteiger partial charge in [-0.1, -0.05) is 36.9 Å². The molecule has 3 rings (SSSR count). The fourth-order valence-corrected chi connectivity index (χ4v) is 2.76. The summed E-state index contributed by atoms with van der Waals surface area (Å²) >= 11 is 0. The number of fused-ring (bicyclic) bond motifs is 1. The van der Waals surface area contributed by atoms with Gasteiger partial charge in [-0.15, -0.1) is 0 Å². The SMILES string of the molecule is C=CCOc1ccc(C(=O)NN=C2CCCc3ccccc32)cc1. The number of carbonyl (C=O) groups excluding carboxylic acids is 1. The Bertz CT molecular complexity index is 763. The second-order valence-electron chi connectivity index (χ2n) is 5.63. The first-order valence-corrected chi connectivity index (χ1v) is 8.07. The van der Waals surface area contributed by atoms with Crippen LogP contribution in [0, 0.1) is 0 Å². The second-order valence-corrected chi connectivity index (χ2v) is 5.63. The van der Waals surface area contributed by atoms with Crippen LogP contribution in [-0.4, -0.2) is 18.2 Å². The minimum Gasteiger partial charge on any atom is -0.490 e. The molecule has 0 aromatic heterocycles. The highest BCUT2D eigenvalue weighted by Gasteiger charge is 2.15. The average Bonchev–Trinajstić information content (AvgIpc) is 2.64. The predicted octanol–water partition coefficient (Wildman–Crippen LogP) is 3.72. The van der Waals surface area contributed by atoms with Crippen molar-refractivity contribution in [2.45, 2.75) is 19.3 Å². The molecule has 122 valence electrons. The minimum absolute atomic E-state index is 0.221. The Kier molecular flexibility index (Phi) is 5.06. The number of nitrogens with one attached hydrogen (secondary N) is 1. The molecule has 1 aliphatic rings. The largest absolute Gasteiger partial charge is 0.490 e. The third kappa shape index (κ3) is 3.71. The lowest BCUT2D eigenvalue weighted by Crippen LogP contribution is -2.22.